The molecule has 3 atom stereocenters. The van der Waals surface area contributed by atoms with Crippen LogP contribution >= 0.6 is 0 Å². The Labute approximate surface area is 84.1 Å². The zero-order valence-electron chi connectivity index (χ0n) is 9.90. The fourth-order valence-corrected chi connectivity index (χ4v) is 3.03. The quantitative estimate of drug-likeness (QED) is 0.596. The fraction of sp³-hybridized carbons (Fsp3) is 1.00. The maximum atomic E-state index is 2.52. The molecule has 0 radical (unpaired) electrons. The van der Waals surface area contributed by atoms with E-state index < -0.39 is 0 Å². The summed E-state index contributed by atoms with van der Waals surface area (Å²) in [7, 11) is 0. The van der Waals surface area contributed by atoms with E-state index in [1.54, 1.807) is 0 Å². The topological polar surface area (TPSA) is 0 Å². The zero-order valence-corrected chi connectivity index (χ0v) is 9.90. The molecular formula is C13H26. The van der Waals surface area contributed by atoms with Gasteiger partial charge >= 0.3 is 0 Å². The van der Waals surface area contributed by atoms with Gasteiger partial charge in [0.25, 0.3) is 0 Å². The van der Waals surface area contributed by atoms with Crippen LogP contribution in [0.5, 0.6) is 0 Å². The minimum Gasteiger partial charge on any atom is -0.0654 e. The Morgan fingerprint density at radius 1 is 1.38 bits per heavy atom. The third-order valence-corrected chi connectivity index (χ3v) is 4.58. The molecule has 0 amide bonds. The van der Waals surface area contributed by atoms with Gasteiger partial charge in [-0.1, -0.05) is 59.8 Å². The van der Waals surface area contributed by atoms with E-state index in [4.69, 9.17) is 0 Å². The van der Waals surface area contributed by atoms with E-state index in [0.717, 1.165) is 11.8 Å². The molecule has 0 nitrogen and oxygen atoms in total. The molecule has 0 aromatic rings. The Bertz CT molecular complexity index is 150. The number of rotatable bonds is 3. The highest BCUT2D eigenvalue weighted by molar-refractivity contribution is 4.87. The predicted molar refractivity (Wildman–Crippen MR) is 59.8 cm³/mol. The smallest absolute Gasteiger partial charge is 0.0274 e. The summed E-state index contributed by atoms with van der Waals surface area (Å²) < 4.78 is 0. The van der Waals surface area contributed by atoms with Gasteiger partial charge in [0.15, 0.2) is 0 Å². The Morgan fingerprint density at radius 2 is 2.08 bits per heavy atom. The van der Waals surface area contributed by atoms with Crippen molar-refractivity contribution in [2.24, 2.45) is 17.3 Å². The molecule has 0 heteroatoms. The van der Waals surface area contributed by atoms with E-state index in [0.29, 0.717) is 5.41 Å². The van der Waals surface area contributed by atoms with Crippen molar-refractivity contribution in [1.29, 1.82) is 0 Å². The lowest BCUT2D eigenvalue weighted by molar-refractivity contribution is 0.0580. The Balaban J connectivity index is 2.59. The van der Waals surface area contributed by atoms with E-state index in [1.807, 2.05) is 0 Å². The Morgan fingerprint density at radius 3 is 2.62 bits per heavy atom. The van der Waals surface area contributed by atoms with E-state index >= 15 is 0 Å². The summed E-state index contributed by atoms with van der Waals surface area (Å²) in [6, 6.07) is 0. The highest BCUT2D eigenvalue weighted by Gasteiger charge is 2.37. The van der Waals surface area contributed by atoms with E-state index in [-0.39, 0.29) is 0 Å². The normalized spacial score (nSPS) is 37.4. The third kappa shape index (κ3) is 2.27. The van der Waals surface area contributed by atoms with Crippen LogP contribution in [0.15, 0.2) is 0 Å². The van der Waals surface area contributed by atoms with Crippen molar-refractivity contribution in [1.82, 2.24) is 0 Å². The van der Waals surface area contributed by atoms with Crippen LogP contribution in [0.1, 0.15) is 66.2 Å². The van der Waals surface area contributed by atoms with Crippen molar-refractivity contribution >= 4 is 0 Å². The minimum absolute atomic E-state index is 0.647. The molecule has 1 aliphatic carbocycles. The van der Waals surface area contributed by atoms with Crippen molar-refractivity contribution in [2.45, 2.75) is 66.2 Å². The van der Waals surface area contributed by atoms with Gasteiger partial charge in [0.1, 0.15) is 0 Å². The second kappa shape index (κ2) is 4.48. The monoisotopic (exact) mass is 182 g/mol. The molecule has 1 fully saturated rings. The highest BCUT2D eigenvalue weighted by atomic mass is 14.4. The Kier molecular flexibility index (Phi) is 3.82. The van der Waals surface area contributed by atoms with Gasteiger partial charge < -0.3 is 0 Å². The molecular weight excluding hydrogens is 156 g/mol. The van der Waals surface area contributed by atoms with E-state index in [2.05, 4.69) is 27.7 Å². The average molecular weight is 182 g/mol. The van der Waals surface area contributed by atoms with Crippen LogP contribution in [-0.2, 0) is 0 Å². The average Bonchev–Trinajstić information content (AvgIpc) is 2.11. The van der Waals surface area contributed by atoms with Crippen LogP contribution in [0.4, 0.5) is 0 Å². The van der Waals surface area contributed by atoms with Crippen LogP contribution in [0.3, 0.4) is 0 Å². The first-order valence-electron chi connectivity index (χ1n) is 6.11. The van der Waals surface area contributed by atoms with Gasteiger partial charge in [0.2, 0.25) is 0 Å². The molecule has 0 heterocycles. The van der Waals surface area contributed by atoms with Crippen LogP contribution in [0, 0.1) is 17.3 Å². The van der Waals surface area contributed by atoms with Crippen LogP contribution in [-0.4, -0.2) is 0 Å². The van der Waals surface area contributed by atoms with Crippen molar-refractivity contribution in [3.05, 3.63) is 0 Å². The molecule has 0 saturated heterocycles. The van der Waals surface area contributed by atoms with Crippen molar-refractivity contribution in [3.8, 4) is 0 Å². The molecule has 0 aromatic carbocycles. The largest absolute Gasteiger partial charge is 0.0654 e. The van der Waals surface area contributed by atoms with Crippen LogP contribution < -0.4 is 0 Å². The summed E-state index contributed by atoms with van der Waals surface area (Å²) >= 11 is 0. The summed E-state index contributed by atoms with van der Waals surface area (Å²) in [5.41, 5.74) is 0.647. The third-order valence-electron chi connectivity index (χ3n) is 4.58. The predicted octanol–water partition coefficient (Wildman–Crippen LogP) is 4.64. The van der Waals surface area contributed by atoms with E-state index in [9.17, 15) is 0 Å². The van der Waals surface area contributed by atoms with Gasteiger partial charge in [-0.3, -0.25) is 0 Å². The molecule has 1 rings (SSSR count). The van der Waals surface area contributed by atoms with Gasteiger partial charge in [-0.2, -0.15) is 0 Å². The number of hydrogen-bond donors (Lipinski definition) is 0. The summed E-state index contributed by atoms with van der Waals surface area (Å²) in [4.78, 5) is 0. The lowest BCUT2D eigenvalue weighted by Gasteiger charge is -2.44. The molecule has 3 unspecified atom stereocenters. The first-order chi connectivity index (χ1) is 6.11. The molecule has 0 aromatic heterocycles. The molecule has 1 aliphatic rings. The first kappa shape index (κ1) is 11.1. The minimum atomic E-state index is 0.647. The molecule has 13 heavy (non-hydrogen) atoms. The highest BCUT2D eigenvalue weighted by Crippen LogP contribution is 2.47. The van der Waals surface area contributed by atoms with Crippen molar-refractivity contribution in [2.75, 3.05) is 0 Å². The molecule has 78 valence electrons. The lowest BCUT2D eigenvalue weighted by atomic mass is 9.61. The van der Waals surface area contributed by atoms with Crippen molar-refractivity contribution in [3.63, 3.8) is 0 Å². The SMILES string of the molecule is CCCC(C)C1(C)CCCCC1C. The van der Waals surface area contributed by atoms with Gasteiger partial charge in [0, 0.05) is 0 Å². The van der Waals surface area contributed by atoms with Gasteiger partial charge in [-0.15, -0.1) is 0 Å². The maximum absolute atomic E-state index is 2.52. The molecule has 1 saturated carbocycles. The number of hydrogen-bond acceptors (Lipinski definition) is 0. The zero-order chi connectivity index (χ0) is 9.90. The van der Waals surface area contributed by atoms with Gasteiger partial charge in [-0.25, -0.2) is 0 Å². The van der Waals surface area contributed by atoms with E-state index in [1.165, 1.54) is 38.5 Å². The second-order valence-electron chi connectivity index (χ2n) is 5.34. The summed E-state index contributed by atoms with van der Waals surface area (Å²) in [6.07, 6.45) is 8.63. The molecule has 0 spiro atoms. The molecule has 0 aliphatic heterocycles. The van der Waals surface area contributed by atoms with Crippen molar-refractivity contribution < 1.29 is 0 Å². The first-order valence-corrected chi connectivity index (χ1v) is 6.11. The van der Waals surface area contributed by atoms with Gasteiger partial charge in [-0.05, 0) is 23.7 Å². The Hall–Kier alpha value is 0. The maximum Gasteiger partial charge on any atom is -0.0274 e. The second-order valence-corrected chi connectivity index (χ2v) is 5.34. The summed E-state index contributed by atoms with van der Waals surface area (Å²) in [6.45, 7) is 9.77. The van der Waals surface area contributed by atoms with Gasteiger partial charge in [0.05, 0.1) is 0 Å². The lowest BCUT2D eigenvalue weighted by Crippen LogP contribution is -2.35. The molecule has 0 N–H and O–H groups in total. The molecule has 0 bridgehead atoms. The summed E-state index contributed by atoms with van der Waals surface area (Å²) in [5.74, 6) is 1.87. The van der Waals surface area contributed by atoms with Crippen LogP contribution in [0.2, 0.25) is 0 Å². The summed E-state index contributed by atoms with van der Waals surface area (Å²) in [5, 5.41) is 0. The fourth-order valence-electron chi connectivity index (χ4n) is 3.03. The van der Waals surface area contributed by atoms with Crippen LogP contribution in [0.25, 0.3) is 0 Å². The standard InChI is InChI=1S/C13H26/c1-5-8-11(2)13(4)10-7-6-9-12(13)3/h11-12H,5-10H2,1-4H3.